The molecule has 0 radical (unpaired) electrons. The van der Waals surface area contributed by atoms with Crippen LogP contribution in [0.3, 0.4) is 0 Å². The van der Waals surface area contributed by atoms with Crippen molar-refractivity contribution >= 4 is 12.0 Å². The fourth-order valence-electron chi connectivity index (χ4n) is 2.29. The zero-order valence-electron chi connectivity index (χ0n) is 12.5. The quantitative estimate of drug-likeness (QED) is 0.713. The van der Waals surface area contributed by atoms with E-state index in [-0.39, 0.29) is 12.0 Å². The molecular weight excluding hydrogens is 258 g/mol. The highest BCUT2D eigenvalue weighted by atomic mass is 16.6. The normalized spacial score (nSPS) is 15.3. The van der Waals surface area contributed by atoms with Gasteiger partial charge in [0.1, 0.15) is 0 Å². The first-order valence-electron chi connectivity index (χ1n) is 7.58. The van der Waals surface area contributed by atoms with E-state index in [1.165, 1.54) is 0 Å². The Balaban J connectivity index is 2.17. The Hall–Kier alpha value is -1.30. The van der Waals surface area contributed by atoms with Gasteiger partial charge < -0.3 is 20.3 Å². The second kappa shape index (κ2) is 9.58. The van der Waals surface area contributed by atoms with Gasteiger partial charge in [0.05, 0.1) is 6.61 Å². The molecular formula is C14H27N3O3. The maximum atomic E-state index is 12.0. The van der Waals surface area contributed by atoms with Gasteiger partial charge in [-0.1, -0.05) is 12.8 Å². The number of unbranched alkanes of at least 4 members (excludes halogenated alkanes) is 3. The van der Waals surface area contributed by atoms with E-state index in [1.807, 2.05) is 4.90 Å². The number of hydrogen-bond acceptors (Lipinski definition) is 4. The van der Waals surface area contributed by atoms with Crippen molar-refractivity contribution in [2.24, 2.45) is 5.73 Å². The number of nitrogens with two attached hydrogens (primary N) is 1. The Kier molecular flexibility index (Phi) is 8.02. The first kappa shape index (κ1) is 16.8. The molecule has 0 aliphatic carbocycles. The third-order valence-electron chi connectivity index (χ3n) is 3.50. The van der Waals surface area contributed by atoms with E-state index in [1.54, 1.807) is 11.8 Å². The topological polar surface area (TPSA) is 75.9 Å². The Morgan fingerprint density at radius 2 is 1.60 bits per heavy atom. The molecule has 0 atom stereocenters. The molecule has 1 rings (SSSR count). The molecule has 2 amide bonds. The molecule has 1 saturated heterocycles. The number of rotatable bonds is 7. The van der Waals surface area contributed by atoms with Crippen LogP contribution >= 0.6 is 0 Å². The van der Waals surface area contributed by atoms with Gasteiger partial charge in [0.2, 0.25) is 5.91 Å². The highest BCUT2D eigenvalue weighted by Gasteiger charge is 2.24. The summed E-state index contributed by atoms with van der Waals surface area (Å²) < 4.78 is 4.95. The summed E-state index contributed by atoms with van der Waals surface area (Å²) in [4.78, 5) is 27.0. The van der Waals surface area contributed by atoms with Crippen molar-refractivity contribution in [2.75, 3.05) is 39.3 Å². The predicted molar refractivity (Wildman–Crippen MR) is 77.3 cm³/mol. The molecule has 20 heavy (non-hydrogen) atoms. The van der Waals surface area contributed by atoms with Gasteiger partial charge in [0.15, 0.2) is 0 Å². The molecule has 1 fully saturated rings. The van der Waals surface area contributed by atoms with Gasteiger partial charge in [-0.05, 0) is 26.3 Å². The SMILES string of the molecule is CCOC(=O)N1CCN(C(=O)CCCCCCN)CC1. The summed E-state index contributed by atoms with van der Waals surface area (Å²) in [6.45, 7) is 5.27. The Morgan fingerprint density at radius 3 is 2.20 bits per heavy atom. The van der Waals surface area contributed by atoms with Gasteiger partial charge in [-0.25, -0.2) is 4.79 Å². The summed E-state index contributed by atoms with van der Waals surface area (Å²) in [5.41, 5.74) is 5.43. The van der Waals surface area contributed by atoms with E-state index < -0.39 is 0 Å². The lowest BCUT2D eigenvalue weighted by Gasteiger charge is -2.34. The molecule has 1 aliphatic rings. The van der Waals surface area contributed by atoms with Crippen molar-refractivity contribution in [1.82, 2.24) is 9.80 Å². The van der Waals surface area contributed by atoms with Gasteiger partial charge in [-0.2, -0.15) is 0 Å². The lowest BCUT2D eigenvalue weighted by molar-refractivity contribution is -0.132. The monoisotopic (exact) mass is 285 g/mol. The third kappa shape index (κ3) is 5.77. The van der Waals surface area contributed by atoms with Crippen molar-refractivity contribution in [3.8, 4) is 0 Å². The fourth-order valence-corrected chi connectivity index (χ4v) is 2.29. The highest BCUT2D eigenvalue weighted by molar-refractivity contribution is 5.76. The number of ether oxygens (including phenoxy) is 1. The predicted octanol–water partition coefficient (Wildman–Crippen LogP) is 1.20. The molecule has 0 unspecified atom stereocenters. The fraction of sp³-hybridized carbons (Fsp3) is 0.857. The third-order valence-corrected chi connectivity index (χ3v) is 3.50. The summed E-state index contributed by atoms with van der Waals surface area (Å²) >= 11 is 0. The number of carbonyl (C=O) groups excluding carboxylic acids is 2. The van der Waals surface area contributed by atoms with Crippen LogP contribution in [-0.4, -0.2) is 61.1 Å². The average Bonchev–Trinajstić information content (AvgIpc) is 2.47. The first-order valence-corrected chi connectivity index (χ1v) is 7.58. The maximum absolute atomic E-state index is 12.0. The number of hydrogen-bond donors (Lipinski definition) is 1. The van der Waals surface area contributed by atoms with E-state index in [0.717, 1.165) is 32.2 Å². The van der Waals surface area contributed by atoms with E-state index in [4.69, 9.17) is 10.5 Å². The Morgan fingerprint density at radius 1 is 1.00 bits per heavy atom. The summed E-state index contributed by atoms with van der Waals surface area (Å²) in [6.07, 6.45) is 4.45. The minimum atomic E-state index is -0.276. The summed E-state index contributed by atoms with van der Waals surface area (Å²) in [7, 11) is 0. The molecule has 116 valence electrons. The minimum Gasteiger partial charge on any atom is -0.450 e. The number of nitrogens with zero attached hydrogens (tertiary/aromatic N) is 2. The lowest BCUT2D eigenvalue weighted by atomic mass is 10.1. The van der Waals surface area contributed by atoms with Crippen molar-refractivity contribution in [1.29, 1.82) is 0 Å². The molecule has 0 spiro atoms. The van der Waals surface area contributed by atoms with E-state index in [9.17, 15) is 9.59 Å². The molecule has 0 bridgehead atoms. The van der Waals surface area contributed by atoms with Crippen molar-refractivity contribution in [3.63, 3.8) is 0 Å². The average molecular weight is 285 g/mol. The second-order valence-corrected chi connectivity index (χ2v) is 5.02. The van der Waals surface area contributed by atoms with E-state index in [2.05, 4.69) is 0 Å². The van der Waals surface area contributed by atoms with Gasteiger partial charge in [0.25, 0.3) is 0 Å². The molecule has 2 N–H and O–H groups in total. The van der Waals surface area contributed by atoms with Crippen LogP contribution in [0.25, 0.3) is 0 Å². The lowest BCUT2D eigenvalue weighted by Crippen LogP contribution is -2.50. The Bertz CT molecular complexity index is 302. The summed E-state index contributed by atoms with van der Waals surface area (Å²) in [6, 6.07) is 0. The zero-order chi connectivity index (χ0) is 14.8. The van der Waals surface area contributed by atoms with Gasteiger partial charge in [-0.3, -0.25) is 4.79 Å². The Labute approximate surface area is 121 Å². The molecule has 0 aromatic carbocycles. The van der Waals surface area contributed by atoms with Gasteiger partial charge >= 0.3 is 6.09 Å². The second-order valence-electron chi connectivity index (χ2n) is 5.02. The summed E-state index contributed by atoms with van der Waals surface area (Å²) in [5, 5.41) is 0. The molecule has 1 heterocycles. The van der Waals surface area contributed by atoms with Crippen molar-refractivity contribution in [2.45, 2.75) is 39.0 Å². The largest absolute Gasteiger partial charge is 0.450 e. The molecule has 6 heteroatoms. The number of carbonyl (C=O) groups is 2. The van der Waals surface area contributed by atoms with Crippen LogP contribution in [0.1, 0.15) is 39.0 Å². The number of piperazine rings is 1. The van der Waals surface area contributed by atoms with Crippen LogP contribution in [0, 0.1) is 0 Å². The van der Waals surface area contributed by atoms with Crippen molar-refractivity contribution in [3.05, 3.63) is 0 Å². The van der Waals surface area contributed by atoms with Gasteiger partial charge in [0, 0.05) is 32.6 Å². The standard InChI is InChI=1S/C14H27N3O3/c1-2-20-14(19)17-11-9-16(10-12-17)13(18)7-5-3-4-6-8-15/h2-12,15H2,1H3. The maximum Gasteiger partial charge on any atom is 0.409 e. The first-order chi connectivity index (χ1) is 9.69. The van der Waals surface area contributed by atoms with Crippen LogP contribution in [0.15, 0.2) is 0 Å². The highest BCUT2D eigenvalue weighted by Crippen LogP contribution is 2.09. The summed E-state index contributed by atoms with van der Waals surface area (Å²) in [5.74, 6) is 0.196. The van der Waals surface area contributed by atoms with Gasteiger partial charge in [-0.15, -0.1) is 0 Å². The zero-order valence-corrected chi connectivity index (χ0v) is 12.5. The van der Waals surface area contributed by atoms with Crippen LogP contribution in [-0.2, 0) is 9.53 Å². The van der Waals surface area contributed by atoms with Crippen molar-refractivity contribution < 1.29 is 14.3 Å². The molecule has 0 aromatic rings. The smallest absolute Gasteiger partial charge is 0.409 e. The van der Waals surface area contributed by atoms with E-state index in [0.29, 0.717) is 39.2 Å². The van der Waals surface area contributed by atoms with Crippen LogP contribution in [0.4, 0.5) is 4.79 Å². The molecule has 1 aliphatic heterocycles. The minimum absolute atomic E-state index is 0.196. The van der Waals surface area contributed by atoms with Crippen LogP contribution in [0.5, 0.6) is 0 Å². The van der Waals surface area contributed by atoms with Crippen LogP contribution < -0.4 is 5.73 Å². The number of amides is 2. The van der Waals surface area contributed by atoms with E-state index >= 15 is 0 Å². The van der Waals surface area contributed by atoms with Crippen LogP contribution in [0.2, 0.25) is 0 Å². The molecule has 6 nitrogen and oxygen atoms in total. The molecule has 0 saturated carbocycles. The molecule has 0 aromatic heterocycles.